The maximum Gasteiger partial charge on any atom is 0.313 e. The summed E-state index contributed by atoms with van der Waals surface area (Å²) < 4.78 is 4.49. The van der Waals surface area contributed by atoms with Crippen LogP contribution in [-0.2, 0) is 14.3 Å². The molecule has 16 heavy (non-hydrogen) atoms. The van der Waals surface area contributed by atoms with Crippen molar-refractivity contribution in [2.75, 3.05) is 6.61 Å². The van der Waals surface area contributed by atoms with Gasteiger partial charge in [-0.3, -0.25) is 9.59 Å². The number of thiol groups is 1. The zero-order valence-corrected chi connectivity index (χ0v) is 10.1. The third-order valence-corrected chi connectivity index (χ3v) is 1.48. The summed E-state index contributed by atoms with van der Waals surface area (Å²) in [4.78, 5) is 28.1. The van der Waals surface area contributed by atoms with Gasteiger partial charge in [-0.1, -0.05) is 0 Å². The standard InChI is InChI=1S/C6H10O3.C4H4N2S/c1-3-9-6(8)4-5(2)7;7-4-5-2-1-3-6-4/h3-4H2,1-2H3;1-3H,(H,5,6,7). The molecule has 0 fully saturated rings. The van der Waals surface area contributed by atoms with E-state index < -0.39 is 5.97 Å². The van der Waals surface area contributed by atoms with E-state index in [1.807, 2.05) is 0 Å². The summed E-state index contributed by atoms with van der Waals surface area (Å²) >= 11 is 3.86. The lowest BCUT2D eigenvalue weighted by molar-refractivity contribution is -0.145. The number of aromatic nitrogens is 2. The van der Waals surface area contributed by atoms with E-state index in [1.54, 1.807) is 25.4 Å². The molecule has 0 saturated heterocycles. The number of carbonyl (C=O) groups excluding carboxylic acids is 2. The SMILES string of the molecule is CCOC(=O)CC(C)=O.Sc1ncccn1. The van der Waals surface area contributed by atoms with Crippen molar-refractivity contribution >= 4 is 24.4 Å². The average Bonchev–Trinajstić information content (AvgIpc) is 2.18. The van der Waals surface area contributed by atoms with E-state index in [9.17, 15) is 9.59 Å². The fourth-order valence-electron chi connectivity index (χ4n) is 0.707. The lowest BCUT2D eigenvalue weighted by Crippen LogP contribution is -2.07. The van der Waals surface area contributed by atoms with E-state index in [0.29, 0.717) is 11.8 Å². The fraction of sp³-hybridized carbons (Fsp3) is 0.400. The highest BCUT2D eigenvalue weighted by Gasteiger charge is 2.03. The Morgan fingerprint density at radius 2 is 1.94 bits per heavy atom. The summed E-state index contributed by atoms with van der Waals surface area (Å²) in [5.74, 6) is -0.599. The second kappa shape index (κ2) is 8.84. The predicted octanol–water partition coefficient (Wildman–Crippen LogP) is 1.29. The van der Waals surface area contributed by atoms with Gasteiger partial charge in [-0.25, -0.2) is 9.97 Å². The first kappa shape index (κ1) is 14.6. The molecular formula is C10H14N2O3S. The molecule has 0 aliphatic heterocycles. The molecule has 0 radical (unpaired) electrons. The van der Waals surface area contributed by atoms with Crippen molar-refractivity contribution in [2.45, 2.75) is 25.4 Å². The number of hydrogen-bond donors (Lipinski definition) is 1. The molecule has 1 rings (SSSR count). The molecule has 0 atom stereocenters. The van der Waals surface area contributed by atoms with Crippen LogP contribution in [0.2, 0.25) is 0 Å². The largest absolute Gasteiger partial charge is 0.466 e. The van der Waals surface area contributed by atoms with Crippen molar-refractivity contribution in [3.63, 3.8) is 0 Å². The molecule has 1 aromatic rings. The number of ketones is 1. The molecule has 5 nitrogen and oxygen atoms in total. The van der Waals surface area contributed by atoms with E-state index in [0.717, 1.165) is 0 Å². The van der Waals surface area contributed by atoms with Crippen LogP contribution in [0.4, 0.5) is 0 Å². The monoisotopic (exact) mass is 242 g/mol. The van der Waals surface area contributed by atoms with Gasteiger partial charge in [0.25, 0.3) is 0 Å². The van der Waals surface area contributed by atoms with Gasteiger partial charge < -0.3 is 4.74 Å². The first-order valence-corrected chi connectivity index (χ1v) is 5.12. The predicted molar refractivity (Wildman–Crippen MR) is 61.2 cm³/mol. The molecule has 1 aromatic heterocycles. The van der Waals surface area contributed by atoms with Crippen molar-refractivity contribution in [3.8, 4) is 0 Å². The first-order chi connectivity index (χ1) is 7.56. The van der Waals surface area contributed by atoms with E-state index in [-0.39, 0.29) is 12.2 Å². The Bertz CT molecular complexity index is 330. The van der Waals surface area contributed by atoms with Crippen LogP contribution in [0.5, 0.6) is 0 Å². The van der Waals surface area contributed by atoms with E-state index in [4.69, 9.17) is 0 Å². The van der Waals surface area contributed by atoms with E-state index >= 15 is 0 Å². The lowest BCUT2D eigenvalue weighted by atomic mass is 10.3. The summed E-state index contributed by atoms with van der Waals surface area (Å²) in [6.45, 7) is 3.40. The number of nitrogens with zero attached hydrogens (tertiary/aromatic N) is 2. The minimum Gasteiger partial charge on any atom is -0.466 e. The normalized spacial score (nSPS) is 8.69. The quantitative estimate of drug-likeness (QED) is 0.374. The maximum absolute atomic E-state index is 10.4. The van der Waals surface area contributed by atoms with E-state index in [1.165, 1.54) is 6.92 Å². The molecule has 6 heteroatoms. The molecule has 0 aliphatic carbocycles. The zero-order valence-electron chi connectivity index (χ0n) is 9.21. The topological polar surface area (TPSA) is 69.2 Å². The van der Waals surface area contributed by atoms with Gasteiger partial charge in [-0.05, 0) is 19.9 Å². The Morgan fingerprint density at radius 1 is 1.38 bits per heavy atom. The second-order valence-corrected chi connectivity index (χ2v) is 3.13. The van der Waals surface area contributed by atoms with Crippen molar-refractivity contribution < 1.29 is 14.3 Å². The van der Waals surface area contributed by atoms with Gasteiger partial charge in [0, 0.05) is 12.4 Å². The molecule has 0 saturated carbocycles. The number of carbonyl (C=O) groups is 2. The Hall–Kier alpha value is -1.43. The minimum absolute atomic E-state index is 0.103. The number of ether oxygens (including phenoxy) is 1. The van der Waals surface area contributed by atoms with Crippen LogP contribution in [0.3, 0.4) is 0 Å². The third-order valence-electron chi connectivity index (χ3n) is 1.25. The van der Waals surface area contributed by atoms with Gasteiger partial charge in [-0.15, -0.1) is 12.6 Å². The Kier molecular flexibility index (Phi) is 8.05. The summed E-state index contributed by atoms with van der Waals surface area (Å²) in [5.41, 5.74) is 0. The molecule has 88 valence electrons. The van der Waals surface area contributed by atoms with Gasteiger partial charge in [0.15, 0.2) is 5.16 Å². The fourth-order valence-corrected chi connectivity index (χ4v) is 0.840. The Balaban J connectivity index is 0.000000288. The molecule has 1 heterocycles. The van der Waals surface area contributed by atoms with Crippen molar-refractivity contribution in [1.29, 1.82) is 0 Å². The Morgan fingerprint density at radius 3 is 2.25 bits per heavy atom. The summed E-state index contributed by atoms with van der Waals surface area (Å²) in [6, 6.07) is 1.75. The third kappa shape index (κ3) is 9.14. The van der Waals surface area contributed by atoms with Crippen molar-refractivity contribution in [1.82, 2.24) is 9.97 Å². The van der Waals surface area contributed by atoms with Crippen LogP contribution in [0.25, 0.3) is 0 Å². The van der Waals surface area contributed by atoms with Crippen molar-refractivity contribution in [2.24, 2.45) is 0 Å². The van der Waals surface area contributed by atoms with Crippen molar-refractivity contribution in [3.05, 3.63) is 18.5 Å². The highest BCUT2D eigenvalue weighted by molar-refractivity contribution is 7.80. The van der Waals surface area contributed by atoms with E-state index in [2.05, 4.69) is 27.3 Å². The average molecular weight is 242 g/mol. The van der Waals surface area contributed by atoms with Crippen LogP contribution < -0.4 is 0 Å². The molecule has 0 N–H and O–H groups in total. The number of hydrogen-bond acceptors (Lipinski definition) is 6. The highest BCUT2D eigenvalue weighted by Crippen LogP contribution is 1.89. The number of Topliss-reactive ketones (excluding diaryl/α,β-unsaturated/α-hetero) is 1. The summed E-state index contributed by atoms with van der Waals surface area (Å²) in [6.07, 6.45) is 3.19. The molecule has 0 spiro atoms. The van der Waals surface area contributed by atoms with Gasteiger partial charge in [0.2, 0.25) is 0 Å². The molecule has 0 amide bonds. The van der Waals surface area contributed by atoms with Crippen LogP contribution in [0, 0.1) is 0 Å². The number of esters is 1. The smallest absolute Gasteiger partial charge is 0.313 e. The van der Waals surface area contributed by atoms with Gasteiger partial charge >= 0.3 is 5.97 Å². The summed E-state index contributed by atoms with van der Waals surface area (Å²) in [5, 5.41) is 0.516. The minimum atomic E-state index is -0.440. The van der Waals surface area contributed by atoms with Gasteiger partial charge in [-0.2, -0.15) is 0 Å². The second-order valence-electron chi connectivity index (χ2n) is 2.73. The molecule has 0 bridgehead atoms. The first-order valence-electron chi connectivity index (χ1n) is 4.67. The molecule has 0 aromatic carbocycles. The van der Waals surface area contributed by atoms with Crippen LogP contribution in [0.1, 0.15) is 20.3 Å². The van der Waals surface area contributed by atoms with Crippen LogP contribution >= 0.6 is 12.6 Å². The molecular weight excluding hydrogens is 228 g/mol. The molecule has 0 unspecified atom stereocenters. The van der Waals surface area contributed by atoms with Crippen LogP contribution in [0.15, 0.2) is 23.6 Å². The summed E-state index contributed by atoms with van der Waals surface area (Å²) in [7, 11) is 0. The van der Waals surface area contributed by atoms with Gasteiger partial charge in [0.1, 0.15) is 12.2 Å². The lowest BCUT2D eigenvalue weighted by Gasteiger charge is -1.96. The maximum atomic E-state index is 10.4. The zero-order chi connectivity index (χ0) is 12.4. The van der Waals surface area contributed by atoms with Gasteiger partial charge in [0.05, 0.1) is 6.61 Å². The van der Waals surface area contributed by atoms with Crippen LogP contribution in [-0.4, -0.2) is 28.3 Å². The highest BCUT2D eigenvalue weighted by atomic mass is 32.1. The Labute approximate surface area is 99.7 Å². The number of rotatable bonds is 3. The molecule has 0 aliphatic rings.